The maximum Gasteiger partial charge on any atom is -0.0162 e. The van der Waals surface area contributed by atoms with Crippen molar-refractivity contribution >= 4 is 0 Å². The van der Waals surface area contributed by atoms with E-state index in [1.54, 1.807) is 5.56 Å². The molecular weight excluding hydrogens is 228 g/mol. The zero-order valence-corrected chi connectivity index (χ0v) is 13.0. The quantitative estimate of drug-likeness (QED) is 0.388. The zero-order valence-electron chi connectivity index (χ0n) is 13.0. The second-order valence-corrected chi connectivity index (χ2v) is 5.81. The van der Waals surface area contributed by atoms with Crippen LogP contribution in [0.4, 0.5) is 0 Å². The summed E-state index contributed by atoms with van der Waals surface area (Å²) >= 11 is 0. The number of benzene rings is 1. The summed E-state index contributed by atoms with van der Waals surface area (Å²) in [5.41, 5.74) is 1.55. The molecule has 0 saturated heterocycles. The SMILES string of the molecule is CCCCCCCCC[C@@H](CCC)c1ccccc1. The molecule has 0 aliphatic heterocycles. The Bertz CT molecular complexity index is 288. The van der Waals surface area contributed by atoms with Crippen LogP contribution in [0.3, 0.4) is 0 Å². The molecular formula is C19H32. The third-order valence-corrected chi connectivity index (χ3v) is 4.06. The minimum absolute atomic E-state index is 0.793. The number of rotatable bonds is 11. The summed E-state index contributed by atoms with van der Waals surface area (Å²) in [6.07, 6.45) is 14.0. The molecule has 0 bridgehead atoms. The van der Waals surface area contributed by atoms with Crippen molar-refractivity contribution in [1.82, 2.24) is 0 Å². The van der Waals surface area contributed by atoms with E-state index >= 15 is 0 Å². The van der Waals surface area contributed by atoms with Crippen molar-refractivity contribution in [3.8, 4) is 0 Å². The summed E-state index contributed by atoms with van der Waals surface area (Å²) in [6, 6.07) is 11.1. The molecule has 0 aromatic heterocycles. The van der Waals surface area contributed by atoms with Crippen LogP contribution in [0.25, 0.3) is 0 Å². The predicted octanol–water partition coefficient (Wildman–Crippen LogP) is 6.71. The summed E-state index contributed by atoms with van der Waals surface area (Å²) in [6.45, 7) is 4.59. The molecule has 1 rings (SSSR count). The molecule has 108 valence electrons. The van der Waals surface area contributed by atoms with Crippen molar-refractivity contribution in [3.05, 3.63) is 35.9 Å². The van der Waals surface area contributed by atoms with Gasteiger partial charge in [-0.2, -0.15) is 0 Å². The van der Waals surface area contributed by atoms with Crippen LogP contribution in [0.15, 0.2) is 30.3 Å². The lowest BCUT2D eigenvalue weighted by atomic mass is 9.89. The maximum atomic E-state index is 2.31. The second-order valence-electron chi connectivity index (χ2n) is 5.81. The molecule has 0 amide bonds. The van der Waals surface area contributed by atoms with E-state index in [1.807, 2.05) is 0 Å². The highest BCUT2D eigenvalue weighted by molar-refractivity contribution is 5.19. The van der Waals surface area contributed by atoms with Gasteiger partial charge in [0.25, 0.3) is 0 Å². The van der Waals surface area contributed by atoms with Crippen molar-refractivity contribution in [3.63, 3.8) is 0 Å². The first kappa shape index (κ1) is 16.3. The highest BCUT2D eigenvalue weighted by Gasteiger charge is 2.09. The molecule has 0 saturated carbocycles. The smallest absolute Gasteiger partial charge is 0.0162 e. The lowest BCUT2D eigenvalue weighted by molar-refractivity contribution is 0.509. The first-order valence-corrected chi connectivity index (χ1v) is 8.43. The summed E-state index contributed by atoms with van der Waals surface area (Å²) in [5, 5.41) is 0. The van der Waals surface area contributed by atoms with Gasteiger partial charge in [0.2, 0.25) is 0 Å². The van der Waals surface area contributed by atoms with Gasteiger partial charge in [0, 0.05) is 0 Å². The third kappa shape index (κ3) is 7.40. The summed E-state index contributed by atoms with van der Waals surface area (Å²) in [5.74, 6) is 0.793. The van der Waals surface area contributed by atoms with E-state index in [0.717, 1.165) is 5.92 Å². The van der Waals surface area contributed by atoms with Gasteiger partial charge in [-0.3, -0.25) is 0 Å². The van der Waals surface area contributed by atoms with Gasteiger partial charge in [0.05, 0.1) is 0 Å². The Morgan fingerprint density at radius 2 is 1.32 bits per heavy atom. The molecule has 0 N–H and O–H groups in total. The highest BCUT2D eigenvalue weighted by atomic mass is 14.1. The fraction of sp³-hybridized carbons (Fsp3) is 0.684. The first-order chi connectivity index (χ1) is 9.38. The van der Waals surface area contributed by atoms with Gasteiger partial charge in [-0.05, 0) is 24.3 Å². The molecule has 0 unspecified atom stereocenters. The van der Waals surface area contributed by atoms with Crippen molar-refractivity contribution in [2.75, 3.05) is 0 Å². The van der Waals surface area contributed by atoms with Gasteiger partial charge in [-0.25, -0.2) is 0 Å². The number of hydrogen-bond acceptors (Lipinski definition) is 0. The minimum atomic E-state index is 0.793. The zero-order chi connectivity index (χ0) is 13.8. The summed E-state index contributed by atoms with van der Waals surface area (Å²) in [4.78, 5) is 0. The molecule has 0 heteroatoms. The average molecular weight is 260 g/mol. The van der Waals surface area contributed by atoms with Gasteiger partial charge < -0.3 is 0 Å². The van der Waals surface area contributed by atoms with Crippen molar-refractivity contribution < 1.29 is 0 Å². The monoisotopic (exact) mass is 260 g/mol. The Morgan fingerprint density at radius 1 is 0.684 bits per heavy atom. The van der Waals surface area contributed by atoms with E-state index in [0.29, 0.717) is 0 Å². The Labute approximate surface area is 120 Å². The van der Waals surface area contributed by atoms with Crippen LogP contribution in [0.1, 0.15) is 89.5 Å². The average Bonchev–Trinajstić information content (AvgIpc) is 2.46. The van der Waals surface area contributed by atoms with Gasteiger partial charge in [0.15, 0.2) is 0 Å². The van der Waals surface area contributed by atoms with Crippen LogP contribution in [-0.2, 0) is 0 Å². The van der Waals surface area contributed by atoms with Gasteiger partial charge in [0.1, 0.15) is 0 Å². The number of unbranched alkanes of at least 4 members (excludes halogenated alkanes) is 6. The van der Waals surface area contributed by atoms with Crippen LogP contribution in [-0.4, -0.2) is 0 Å². The lowest BCUT2D eigenvalue weighted by Gasteiger charge is -2.16. The van der Waals surface area contributed by atoms with Gasteiger partial charge >= 0.3 is 0 Å². The largest absolute Gasteiger partial charge is 0.0654 e. The van der Waals surface area contributed by atoms with Crippen molar-refractivity contribution in [1.29, 1.82) is 0 Å². The van der Waals surface area contributed by atoms with E-state index in [2.05, 4.69) is 44.2 Å². The molecule has 0 radical (unpaired) electrons. The first-order valence-electron chi connectivity index (χ1n) is 8.43. The van der Waals surface area contributed by atoms with E-state index in [1.165, 1.54) is 64.2 Å². The molecule has 0 aliphatic carbocycles. The summed E-state index contributed by atoms with van der Waals surface area (Å²) < 4.78 is 0. The lowest BCUT2D eigenvalue weighted by Crippen LogP contribution is -1.98. The van der Waals surface area contributed by atoms with Crippen LogP contribution >= 0.6 is 0 Å². The normalized spacial score (nSPS) is 12.5. The van der Waals surface area contributed by atoms with Crippen LogP contribution < -0.4 is 0 Å². The van der Waals surface area contributed by atoms with E-state index in [9.17, 15) is 0 Å². The Morgan fingerprint density at radius 3 is 1.95 bits per heavy atom. The minimum Gasteiger partial charge on any atom is -0.0654 e. The fourth-order valence-corrected chi connectivity index (χ4v) is 2.90. The molecule has 0 spiro atoms. The topological polar surface area (TPSA) is 0 Å². The summed E-state index contributed by atoms with van der Waals surface area (Å²) in [7, 11) is 0. The third-order valence-electron chi connectivity index (χ3n) is 4.06. The standard InChI is InChI=1S/C19H32/c1-3-5-6-7-8-9-11-15-18(14-4-2)19-16-12-10-13-17-19/h10,12-13,16-18H,3-9,11,14-15H2,1-2H3/t18-/m1/s1. The Balaban J connectivity index is 2.20. The molecule has 0 nitrogen and oxygen atoms in total. The molecule has 1 aromatic carbocycles. The molecule has 0 heterocycles. The van der Waals surface area contributed by atoms with Crippen LogP contribution in [0.2, 0.25) is 0 Å². The van der Waals surface area contributed by atoms with Crippen molar-refractivity contribution in [2.45, 2.75) is 84.0 Å². The molecule has 19 heavy (non-hydrogen) atoms. The predicted molar refractivity (Wildman–Crippen MR) is 86.7 cm³/mol. The van der Waals surface area contributed by atoms with E-state index in [-0.39, 0.29) is 0 Å². The Hall–Kier alpha value is -0.780. The molecule has 1 atom stereocenters. The Kier molecular flexibility index (Phi) is 9.49. The van der Waals surface area contributed by atoms with Crippen LogP contribution in [0.5, 0.6) is 0 Å². The van der Waals surface area contributed by atoms with E-state index < -0.39 is 0 Å². The number of hydrogen-bond donors (Lipinski definition) is 0. The highest BCUT2D eigenvalue weighted by Crippen LogP contribution is 2.27. The molecule has 1 aromatic rings. The molecule has 0 fully saturated rings. The van der Waals surface area contributed by atoms with Gasteiger partial charge in [-0.1, -0.05) is 95.5 Å². The van der Waals surface area contributed by atoms with Crippen molar-refractivity contribution in [2.24, 2.45) is 0 Å². The van der Waals surface area contributed by atoms with E-state index in [4.69, 9.17) is 0 Å². The molecule has 0 aliphatic rings. The van der Waals surface area contributed by atoms with Gasteiger partial charge in [-0.15, -0.1) is 0 Å². The second kappa shape index (κ2) is 11.1. The fourth-order valence-electron chi connectivity index (χ4n) is 2.90. The van der Waals surface area contributed by atoms with Crippen LogP contribution in [0, 0.1) is 0 Å². The maximum absolute atomic E-state index is 2.31.